The van der Waals surface area contributed by atoms with Gasteiger partial charge in [-0.3, -0.25) is 0 Å². The van der Waals surface area contributed by atoms with E-state index >= 15 is 0 Å². The van der Waals surface area contributed by atoms with Crippen molar-refractivity contribution in [1.82, 2.24) is 29.4 Å². The number of fused-ring (bicyclic) bond motifs is 1. The van der Waals surface area contributed by atoms with Crippen LogP contribution in [-0.2, 0) is 0 Å². The van der Waals surface area contributed by atoms with E-state index in [-0.39, 0.29) is 29.2 Å². The molecule has 1 amide bonds. The van der Waals surface area contributed by atoms with Crippen molar-refractivity contribution in [2.24, 2.45) is 0 Å². The number of nitrogens with one attached hydrogen (secondary N) is 2. The normalized spacial score (nSPS) is 20.5. The molecule has 13 heteroatoms. The topological polar surface area (TPSA) is 79.5 Å². The molecular weight excluding hydrogens is 557 g/mol. The van der Waals surface area contributed by atoms with Gasteiger partial charge in [0.15, 0.2) is 0 Å². The molecule has 37 heavy (non-hydrogen) atoms. The fourth-order valence-corrected chi connectivity index (χ4v) is 5.71. The summed E-state index contributed by atoms with van der Waals surface area (Å²) in [6.45, 7) is 0.934. The number of carbonyl (C=O) groups is 1. The Hall–Kier alpha value is -3.07. The molecule has 2 fully saturated rings. The van der Waals surface area contributed by atoms with Crippen molar-refractivity contribution in [3.8, 4) is 11.8 Å². The molecule has 3 aromatic rings. The summed E-state index contributed by atoms with van der Waals surface area (Å²) >= 11 is -1.88. The van der Waals surface area contributed by atoms with E-state index in [1.165, 1.54) is 29.1 Å². The summed E-state index contributed by atoms with van der Waals surface area (Å²) in [5.74, 6) is 5.51. The van der Waals surface area contributed by atoms with Crippen molar-refractivity contribution >= 4 is 36.8 Å². The summed E-state index contributed by atoms with van der Waals surface area (Å²) in [7, 11) is 1.84. The van der Waals surface area contributed by atoms with Gasteiger partial charge < -0.3 is 0 Å². The Balaban J connectivity index is 1.35. The number of amides is 1. The van der Waals surface area contributed by atoms with E-state index in [4.69, 9.17) is 0 Å². The van der Waals surface area contributed by atoms with Gasteiger partial charge in [0.05, 0.1) is 0 Å². The van der Waals surface area contributed by atoms with Crippen molar-refractivity contribution in [3.63, 3.8) is 0 Å². The summed E-state index contributed by atoms with van der Waals surface area (Å²) < 4.78 is 58.1. The number of anilines is 1. The van der Waals surface area contributed by atoms with E-state index in [0.717, 1.165) is 12.8 Å². The van der Waals surface area contributed by atoms with E-state index in [1.807, 2.05) is 11.9 Å². The first kappa shape index (κ1) is 25.6. The first-order chi connectivity index (χ1) is 17.7. The van der Waals surface area contributed by atoms with Crippen molar-refractivity contribution in [2.45, 2.75) is 42.6 Å². The fourth-order valence-electron chi connectivity index (χ4n) is 4.25. The van der Waals surface area contributed by atoms with Crippen LogP contribution >= 0.6 is 0 Å². The second-order valence-electron chi connectivity index (χ2n) is 9.18. The molecule has 1 saturated carbocycles. The zero-order valence-corrected chi connectivity index (χ0v) is 21.6. The van der Waals surface area contributed by atoms with Crippen molar-refractivity contribution in [2.75, 3.05) is 32.0 Å². The summed E-state index contributed by atoms with van der Waals surface area (Å²) in [5, 5.41) is 5.53. The standard InChI is InChI=1S/C24H25F4N7OSe/c1-33-9-6-19(18(25)14-33)32-21-20-11-15(23(37-24(26,27)28)34(20)10-8-29-21)3-2-7-30-22(36)16-12-31-35(13-16)17-4-5-17/h8,10-13,17-19H,4-7,9,14H2,1H3,(H,29,32)(H,30,36)/t18-,19+/m0/s1. The molecule has 1 saturated heterocycles. The molecule has 196 valence electrons. The molecule has 0 unspecified atom stereocenters. The van der Waals surface area contributed by atoms with Crippen LogP contribution in [0.4, 0.5) is 23.4 Å². The molecule has 3 aromatic heterocycles. The van der Waals surface area contributed by atoms with Gasteiger partial charge in [-0.2, -0.15) is 0 Å². The predicted molar refractivity (Wildman–Crippen MR) is 131 cm³/mol. The molecule has 8 nitrogen and oxygen atoms in total. The Morgan fingerprint density at radius 2 is 2.11 bits per heavy atom. The van der Waals surface area contributed by atoms with Crippen LogP contribution < -0.4 is 15.2 Å². The third kappa shape index (κ3) is 6.09. The molecule has 0 spiro atoms. The SMILES string of the molecule is CN1CC[C@@H](Nc2nccn3c([Se]C(F)(F)F)c(C#CCNC(=O)c4cnn(C5CC5)c4)cc23)[C@@H](F)C1. The Morgan fingerprint density at radius 3 is 2.84 bits per heavy atom. The van der Waals surface area contributed by atoms with Gasteiger partial charge in [0, 0.05) is 0 Å². The average molecular weight is 582 g/mol. The summed E-state index contributed by atoms with van der Waals surface area (Å²) in [4.78, 5) is 18.5. The fraction of sp³-hybridized carbons (Fsp3) is 0.458. The summed E-state index contributed by atoms with van der Waals surface area (Å²) in [5.41, 5.74) is 1.01. The van der Waals surface area contributed by atoms with Gasteiger partial charge in [-0.25, -0.2) is 0 Å². The second kappa shape index (κ2) is 10.4. The third-order valence-corrected chi connectivity index (χ3v) is 8.04. The van der Waals surface area contributed by atoms with Gasteiger partial charge >= 0.3 is 217 Å². The number of hydrogen-bond donors (Lipinski definition) is 2. The number of halogens is 4. The minimum absolute atomic E-state index is 0.0187. The van der Waals surface area contributed by atoms with E-state index < -0.39 is 32.2 Å². The summed E-state index contributed by atoms with van der Waals surface area (Å²) in [6, 6.07) is 1.40. The molecule has 0 aromatic carbocycles. The Morgan fingerprint density at radius 1 is 1.30 bits per heavy atom. The van der Waals surface area contributed by atoms with Gasteiger partial charge in [-0.05, 0) is 0 Å². The van der Waals surface area contributed by atoms with Crippen LogP contribution in [0.25, 0.3) is 5.52 Å². The number of alkyl halides is 4. The molecule has 1 aliphatic carbocycles. The number of hydrogen-bond acceptors (Lipinski definition) is 5. The predicted octanol–water partition coefficient (Wildman–Crippen LogP) is 1.95. The van der Waals surface area contributed by atoms with Crippen LogP contribution in [0.15, 0.2) is 30.9 Å². The first-order valence-electron chi connectivity index (χ1n) is 11.8. The quantitative estimate of drug-likeness (QED) is 0.264. The van der Waals surface area contributed by atoms with Gasteiger partial charge in [0.25, 0.3) is 0 Å². The number of carbonyl (C=O) groups excluding carboxylic acids is 1. The monoisotopic (exact) mass is 583 g/mol. The number of piperidine rings is 1. The minimum atomic E-state index is -4.40. The molecule has 0 radical (unpaired) electrons. The number of likely N-dealkylation sites (tertiary alicyclic amines) is 1. The Kier molecular flexibility index (Phi) is 7.16. The molecule has 2 N–H and O–H groups in total. The van der Waals surface area contributed by atoms with E-state index in [9.17, 15) is 22.4 Å². The zero-order valence-electron chi connectivity index (χ0n) is 19.9. The van der Waals surface area contributed by atoms with Gasteiger partial charge in [0.2, 0.25) is 0 Å². The van der Waals surface area contributed by atoms with Crippen LogP contribution in [0.3, 0.4) is 0 Å². The van der Waals surface area contributed by atoms with Gasteiger partial charge in [-0.15, -0.1) is 0 Å². The van der Waals surface area contributed by atoms with Crippen LogP contribution in [0, 0.1) is 11.8 Å². The van der Waals surface area contributed by atoms with Crippen LogP contribution in [0.2, 0.25) is 0 Å². The van der Waals surface area contributed by atoms with E-state index in [1.54, 1.807) is 10.9 Å². The van der Waals surface area contributed by atoms with Crippen LogP contribution in [0.5, 0.6) is 0 Å². The zero-order chi connectivity index (χ0) is 26.2. The molecule has 5 rings (SSSR count). The van der Waals surface area contributed by atoms with Crippen molar-refractivity contribution in [3.05, 3.63) is 42.0 Å². The second-order valence-corrected chi connectivity index (χ2v) is 11.4. The molecule has 4 heterocycles. The summed E-state index contributed by atoms with van der Waals surface area (Å²) in [6.07, 6.45) is 7.52. The molecular formula is C24H25F4N7OSe. The van der Waals surface area contributed by atoms with Crippen molar-refractivity contribution < 1.29 is 22.4 Å². The van der Waals surface area contributed by atoms with E-state index in [0.29, 0.717) is 35.9 Å². The van der Waals surface area contributed by atoms with Gasteiger partial charge in [-0.1, -0.05) is 0 Å². The maximum absolute atomic E-state index is 14.6. The average Bonchev–Trinajstić information content (AvgIpc) is 3.47. The van der Waals surface area contributed by atoms with Crippen LogP contribution in [-0.4, -0.2) is 88.9 Å². The maximum atomic E-state index is 14.6. The molecule has 0 bridgehead atoms. The van der Waals surface area contributed by atoms with E-state index in [2.05, 4.69) is 32.6 Å². The molecule has 2 atom stereocenters. The number of nitrogens with zero attached hydrogens (tertiary/aromatic N) is 5. The van der Waals surface area contributed by atoms with Gasteiger partial charge in [0.1, 0.15) is 0 Å². The molecule has 1 aliphatic heterocycles. The number of aromatic nitrogens is 4. The van der Waals surface area contributed by atoms with Crippen LogP contribution in [0.1, 0.15) is 41.2 Å². The first-order valence-corrected chi connectivity index (χ1v) is 13.6. The van der Waals surface area contributed by atoms with Crippen molar-refractivity contribution in [1.29, 1.82) is 0 Å². The molecule has 2 aliphatic rings. The Bertz CT molecular complexity index is 1350. The third-order valence-electron chi connectivity index (χ3n) is 6.28. The Labute approximate surface area is 216 Å². The number of rotatable bonds is 6.